The number of carbonyl (C=O) groups excluding carboxylic acids is 2. The van der Waals surface area contributed by atoms with Gasteiger partial charge in [0.2, 0.25) is 5.91 Å². The van der Waals surface area contributed by atoms with E-state index in [0.29, 0.717) is 38.3 Å². The van der Waals surface area contributed by atoms with Crippen LogP contribution in [0.25, 0.3) is 0 Å². The van der Waals surface area contributed by atoms with E-state index < -0.39 is 17.8 Å². The number of piperazine rings is 1. The quantitative estimate of drug-likeness (QED) is 0.357. The predicted octanol–water partition coefficient (Wildman–Crippen LogP) is 1.62. The van der Waals surface area contributed by atoms with Gasteiger partial charge in [0, 0.05) is 50.1 Å². The summed E-state index contributed by atoms with van der Waals surface area (Å²) in [6, 6.07) is 5.68. The fraction of sp³-hybridized carbons (Fsp3) is 0.500. The minimum Gasteiger partial charge on any atom is -0.481 e. The number of nitrogens with zero attached hydrogens (tertiary/aromatic N) is 3. The first-order valence-electron chi connectivity index (χ1n) is 10.4. The average Bonchev–Trinajstić information content (AvgIpc) is 2.75. The number of piperidine rings is 1. The van der Waals surface area contributed by atoms with Gasteiger partial charge in [0.1, 0.15) is 12.1 Å². The predicted molar refractivity (Wildman–Crippen MR) is 118 cm³/mol. The summed E-state index contributed by atoms with van der Waals surface area (Å²) in [5.74, 6) is -1.37. The molecule has 0 aromatic heterocycles. The highest BCUT2D eigenvalue weighted by molar-refractivity contribution is 7.81. The second-order valence-electron chi connectivity index (χ2n) is 7.92. The van der Waals surface area contributed by atoms with Crippen molar-refractivity contribution in [3.05, 3.63) is 47.3 Å². The van der Waals surface area contributed by atoms with Gasteiger partial charge in [0.25, 0.3) is 0 Å². The Morgan fingerprint density at radius 2 is 2.03 bits per heavy atom. The van der Waals surface area contributed by atoms with Gasteiger partial charge in [-0.05, 0) is 18.1 Å². The molecule has 1 N–H and O–H groups in total. The van der Waals surface area contributed by atoms with Crippen molar-refractivity contribution >= 4 is 30.8 Å². The first-order valence-corrected chi connectivity index (χ1v) is 10.9. The van der Waals surface area contributed by atoms with Gasteiger partial charge in [0.15, 0.2) is 0 Å². The molecule has 0 saturated carbocycles. The number of aliphatic carboxylic acids is 1. The number of thiol groups is 1. The summed E-state index contributed by atoms with van der Waals surface area (Å²) in [6.45, 7) is 3.39. The molecule has 1 aromatic carbocycles. The van der Waals surface area contributed by atoms with E-state index in [9.17, 15) is 18.8 Å². The number of benzene rings is 1. The van der Waals surface area contributed by atoms with E-state index in [1.54, 1.807) is 23.1 Å². The summed E-state index contributed by atoms with van der Waals surface area (Å²) in [5.41, 5.74) is 1.43. The number of rotatable bonds is 8. The zero-order chi connectivity index (χ0) is 22.4. The number of aldehydes is 1. The molecule has 2 heterocycles. The van der Waals surface area contributed by atoms with Crippen molar-refractivity contribution in [2.45, 2.75) is 24.1 Å². The third-order valence-corrected chi connectivity index (χ3v) is 6.44. The van der Waals surface area contributed by atoms with Gasteiger partial charge >= 0.3 is 5.97 Å². The molecule has 3 rings (SSSR count). The van der Waals surface area contributed by atoms with E-state index in [4.69, 9.17) is 5.11 Å². The first kappa shape index (κ1) is 23.4. The zero-order valence-electron chi connectivity index (χ0n) is 17.3. The van der Waals surface area contributed by atoms with Gasteiger partial charge in [-0.25, -0.2) is 4.39 Å². The number of amides is 1. The van der Waals surface area contributed by atoms with Crippen molar-refractivity contribution in [2.24, 2.45) is 0 Å². The number of carboxylic acids is 1. The van der Waals surface area contributed by atoms with E-state index in [0.717, 1.165) is 18.3 Å². The smallest absolute Gasteiger partial charge is 0.305 e. The summed E-state index contributed by atoms with van der Waals surface area (Å²) in [4.78, 5) is 40.3. The minimum atomic E-state index is -0.911. The van der Waals surface area contributed by atoms with Gasteiger partial charge in [0.05, 0.1) is 19.0 Å². The molecule has 2 unspecified atom stereocenters. The Labute approximate surface area is 186 Å². The van der Waals surface area contributed by atoms with Crippen LogP contribution >= 0.6 is 12.6 Å². The lowest BCUT2D eigenvalue weighted by Crippen LogP contribution is -2.50. The lowest BCUT2D eigenvalue weighted by molar-refractivity contribution is -0.140. The standard InChI is InChI=1S/C22H28FN3O4S/c23-18-4-2-1-3-17(18)19(15-27)26-9-6-20(31)16(13-26)5-8-24-11-12-25(21(28)14-24)10-7-22(29)30/h1-5,15,19-20,31H,6-14H2,(H,29,30)/b16-5+. The molecule has 0 radical (unpaired) electrons. The Kier molecular flexibility index (Phi) is 8.22. The third-order valence-electron chi connectivity index (χ3n) is 5.85. The summed E-state index contributed by atoms with van der Waals surface area (Å²) in [7, 11) is 0. The van der Waals surface area contributed by atoms with Crippen molar-refractivity contribution in [3.63, 3.8) is 0 Å². The molecule has 31 heavy (non-hydrogen) atoms. The Morgan fingerprint density at radius 1 is 1.26 bits per heavy atom. The van der Waals surface area contributed by atoms with E-state index in [2.05, 4.69) is 12.6 Å². The SMILES string of the molecule is O=CC(c1ccccc1F)N1CCC(S)/C(=C/CN2CCN(CCC(=O)O)C(=O)C2)C1. The molecule has 1 amide bonds. The molecule has 2 atom stereocenters. The maximum absolute atomic E-state index is 14.2. The number of hydrogen-bond donors (Lipinski definition) is 2. The number of carbonyl (C=O) groups is 3. The molecule has 7 nitrogen and oxygen atoms in total. The average molecular weight is 450 g/mol. The molecule has 168 valence electrons. The zero-order valence-corrected chi connectivity index (χ0v) is 18.2. The van der Waals surface area contributed by atoms with Gasteiger partial charge < -0.3 is 14.8 Å². The summed E-state index contributed by atoms with van der Waals surface area (Å²) >= 11 is 4.67. The molecule has 0 bridgehead atoms. The van der Waals surface area contributed by atoms with E-state index >= 15 is 0 Å². The molecule has 0 spiro atoms. The van der Waals surface area contributed by atoms with Gasteiger partial charge in [-0.3, -0.25) is 19.4 Å². The van der Waals surface area contributed by atoms with Crippen LogP contribution in [0, 0.1) is 5.82 Å². The van der Waals surface area contributed by atoms with Crippen LogP contribution < -0.4 is 0 Å². The van der Waals surface area contributed by atoms with Crippen molar-refractivity contribution in [1.29, 1.82) is 0 Å². The van der Waals surface area contributed by atoms with Crippen LogP contribution in [0.15, 0.2) is 35.9 Å². The van der Waals surface area contributed by atoms with Crippen LogP contribution in [0.5, 0.6) is 0 Å². The lowest BCUT2D eigenvalue weighted by Gasteiger charge is -2.37. The number of halogens is 1. The van der Waals surface area contributed by atoms with Crippen molar-refractivity contribution in [3.8, 4) is 0 Å². The van der Waals surface area contributed by atoms with Crippen molar-refractivity contribution in [1.82, 2.24) is 14.7 Å². The maximum atomic E-state index is 14.2. The van der Waals surface area contributed by atoms with Crippen LogP contribution in [-0.2, 0) is 14.4 Å². The molecule has 2 aliphatic rings. The highest BCUT2D eigenvalue weighted by Crippen LogP contribution is 2.29. The van der Waals surface area contributed by atoms with Gasteiger partial charge in [-0.2, -0.15) is 12.6 Å². The molecular formula is C22H28FN3O4S. The minimum absolute atomic E-state index is 0.0487. The molecule has 1 aromatic rings. The molecule has 9 heteroatoms. The summed E-state index contributed by atoms with van der Waals surface area (Å²) in [5, 5.41) is 8.84. The Hall–Kier alpha value is -2.23. The van der Waals surface area contributed by atoms with E-state index in [-0.39, 0.29) is 30.7 Å². The number of carboxylic acid groups (broad SMARTS) is 1. The lowest BCUT2D eigenvalue weighted by atomic mass is 9.98. The largest absolute Gasteiger partial charge is 0.481 e. The van der Waals surface area contributed by atoms with Crippen molar-refractivity contribution < 1.29 is 23.9 Å². The highest BCUT2D eigenvalue weighted by Gasteiger charge is 2.29. The summed E-state index contributed by atoms with van der Waals surface area (Å²) < 4.78 is 14.2. The highest BCUT2D eigenvalue weighted by atomic mass is 32.1. The van der Waals surface area contributed by atoms with E-state index in [1.165, 1.54) is 6.07 Å². The fourth-order valence-corrected chi connectivity index (χ4v) is 4.33. The Morgan fingerprint density at radius 3 is 2.71 bits per heavy atom. The molecular weight excluding hydrogens is 421 g/mol. The normalized spacial score (nSPS) is 23.2. The maximum Gasteiger partial charge on any atom is 0.305 e. The number of hydrogen-bond acceptors (Lipinski definition) is 6. The van der Waals surface area contributed by atoms with Crippen LogP contribution in [-0.4, -0.2) is 89.0 Å². The Bertz CT molecular complexity index is 850. The number of likely N-dealkylation sites (tertiary alicyclic amines) is 1. The van der Waals surface area contributed by atoms with Crippen LogP contribution in [0.3, 0.4) is 0 Å². The summed E-state index contributed by atoms with van der Waals surface area (Å²) in [6.07, 6.45) is 3.53. The second kappa shape index (κ2) is 10.9. The molecule has 2 fully saturated rings. The molecule has 2 saturated heterocycles. The van der Waals surface area contributed by atoms with Gasteiger partial charge in [-0.15, -0.1) is 0 Å². The Balaban J connectivity index is 1.60. The van der Waals surface area contributed by atoms with Gasteiger partial charge in [-0.1, -0.05) is 24.3 Å². The van der Waals surface area contributed by atoms with Crippen LogP contribution in [0.2, 0.25) is 0 Å². The topological polar surface area (TPSA) is 81.2 Å². The molecule has 2 aliphatic heterocycles. The monoisotopic (exact) mass is 449 g/mol. The van der Waals surface area contributed by atoms with Crippen LogP contribution in [0.1, 0.15) is 24.4 Å². The van der Waals surface area contributed by atoms with Crippen LogP contribution in [0.4, 0.5) is 4.39 Å². The second-order valence-corrected chi connectivity index (χ2v) is 8.54. The fourth-order valence-electron chi connectivity index (χ4n) is 4.03. The third kappa shape index (κ3) is 6.15. The first-order chi connectivity index (χ1) is 14.9. The van der Waals surface area contributed by atoms with E-state index in [1.807, 2.05) is 15.9 Å². The van der Waals surface area contributed by atoms with Crippen molar-refractivity contribution in [2.75, 3.05) is 45.8 Å². The molecule has 0 aliphatic carbocycles.